The molecule has 0 spiro atoms. The van der Waals surface area contributed by atoms with Crippen molar-refractivity contribution in [2.45, 2.75) is 32.1 Å². The number of aryl methyl sites for hydroxylation is 1. The van der Waals surface area contributed by atoms with E-state index in [2.05, 4.69) is 49.4 Å². The molecule has 0 N–H and O–H groups in total. The maximum absolute atomic E-state index is 3.87. The summed E-state index contributed by atoms with van der Waals surface area (Å²) < 4.78 is 0. The molecule has 0 aliphatic heterocycles. The third-order valence-corrected chi connectivity index (χ3v) is 3.03. The number of fused-ring (bicyclic) bond motifs is 1. The van der Waals surface area contributed by atoms with Gasteiger partial charge in [-0.1, -0.05) is 55.3 Å². The number of halogens is 1. The van der Waals surface area contributed by atoms with Gasteiger partial charge in [-0.2, -0.15) is 6.42 Å². The van der Waals surface area contributed by atoms with Gasteiger partial charge in [0.2, 0.25) is 0 Å². The van der Waals surface area contributed by atoms with Crippen molar-refractivity contribution in [2.75, 3.05) is 0 Å². The Labute approximate surface area is 137 Å². The van der Waals surface area contributed by atoms with E-state index in [1.807, 2.05) is 0 Å². The molecule has 0 fully saturated rings. The van der Waals surface area contributed by atoms with Gasteiger partial charge in [0, 0.05) is 0 Å². The minimum absolute atomic E-state index is 0. The summed E-state index contributed by atoms with van der Waals surface area (Å²) in [6, 6.07) is 15.4. The standard InChI is InChI=1S/C16H19.BrH.Mg/c1-2-3-4-5-8-14-11-12-15-9-6-7-10-16(15)13-14;;/h6-7,9-13H,1-5,8H2;1H;/q-1;;+2/p-1. The van der Waals surface area contributed by atoms with Crippen LogP contribution in [0.3, 0.4) is 0 Å². The molecule has 0 bridgehead atoms. The summed E-state index contributed by atoms with van der Waals surface area (Å²) in [5.74, 6) is 0. The molecule has 0 saturated carbocycles. The molecule has 2 aromatic carbocycles. The van der Waals surface area contributed by atoms with Gasteiger partial charge >= 0.3 is 23.1 Å². The molecule has 0 aliphatic rings. The smallest absolute Gasteiger partial charge is 1.00 e. The second-order valence-corrected chi connectivity index (χ2v) is 4.35. The maximum atomic E-state index is 3.87. The molecule has 2 heteroatoms. The fourth-order valence-corrected chi connectivity index (χ4v) is 2.08. The first kappa shape index (κ1) is 17.9. The third kappa shape index (κ3) is 5.29. The van der Waals surface area contributed by atoms with Crippen LogP contribution in [0.5, 0.6) is 0 Å². The molecule has 0 aliphatic carbocycles. The molecule has 0 radical (unpaired) electrons. The van der Waals surface area contributed by atoms with Crippen LogP contribution in [0.25, 0.3) is 10.8 Å². The Kier molecular flexibility index (Phi) is 9.79. The molecule has 2 aromatic rings. The predicted molar refractivity (Wildman–Crippen MR) is 77.2 cm³/mol. The van der Waals surface area contributed by atoms with E-state index in [4.69, 9.17) is 0 Å². The monoisotopic (exact) mass is 314 g/mol. The van der Waals surface area contributed by atoms with Crippen LogP contribution in [-0.4, -0.2) is 23.1 Å². The van der Waals surface area contributed by atoms with Crippen LogP contribution in [-0.2, 0) is 6.42 Å². The van der Waals surface area contributed by atoms with E-state index in [9.17, 15) is 0 Å². The van der Waals surface area contributed by atoms with Crippen LogP contribution in [0.15, 0.2) is 42.5 Å². The van der Waals surface area contributed by atoms with Crippen molar-refractivity contribution in [2.24, 2.45) is 0 Å². The zero-order chi connectivity index (χ0) is 11.2. The van der Waals surface area contributed by atoms with Crippen LogP contribution in [0.4, 0.5) is 0 Å². The van der Waals surface area contributed by atoms with Crippen LogP contribution in [0.2, 0.25) is 0 Å². The summed E-state index contributed by atoms with van der Waals surface area (Å²) in [6.07, 6.45) is 6.11. The Morgan fingerprint density at radius 3 is 2.28 bits per heavy atom. The fourth-order valence-electron chi connectivity index (χ4n) is 2.08. The Balaban J connectivity index is 0.00000144. The van der Waals surface area contributed by atoms with Gasteiger partial charge in [0.25, 0.3) is 0 Å². The molecule has 0 amide bonds. The molecule has 0 atom stereocenters. The number of benzene rings is 2. The second kappa shape index (κ2) is 9.82. The summed E-state index contributed by atoms with van der Waals surface area (Å²) in [6.45, 7) is 3.87. The molecule has 0 nitrogen and oxygen atoms in total. The van der Waals surface area contributed by atoms with Crippen molar-refractivity contribution < 1.29 is 17.0 Å². The van der Waals surface area contributed by atoms with E-state index < -0.39 is 0 Å². The SMILES string of the molecule is [Br-].[CH2-]CCCCCc1ccc2ccccc2c1.[Mg+2]. The maximum Gasteiger partial charge on any atom is 2.00 e. The van der Waals surface area contributed by atoms with Crippen molar-refractivity contribution in [1.82, 2.24) is 0 Å². The molecular weight excluding hydrogens is 296 g/mol. The zero-order valence-electron chi connectivity index (χ0n) is 10.9. The quantitative estimate of drug-likeness (QED) is 0.444. The van der Waals surface area contributed by atoms with E-state index in [0.717, 1.165) is 6.42 Å². The van der Waals surface area contributed by atoms with E-state index in [0.29, 0.717) is 0 Å². The molecule has 0 heterocycles. The van der Waals surface area contributed by atoms with Gasteiger partial charge < -0.3 is 23.9 Å². The second-order valence-electron chi connectivity index (χ2n) is 4.35. The fraction of sp³-hybridized carbons (Fsp3) is 0.312. The molecule has 18 heavy (non-hydrogen) atoms. The van der Waals surface area contributed by atoms with Crippen molar-refractivity contribution in [3.05, 3.63) is 55.0 Å². The first-order chi connectivity index (χ1) is 7.90. The van der Waals surface area contributed by atoms with Gasteiger partial charge in [0.1, 0.15) is 0 Å². The van der Waals surface area contributed by atoms with Crippen LogP contribution in [0, 0.1) is 6.92 Å². The average Bonchev–Trinajstić information content (AvgIpc) is 2.34. The molecule has 0 unspecified atom stereocenters. The molecular formula is C16H19BrMg. The Bertz CT molecular complexity index is 454. The van der Waals surface area contributed by atoms with Gasteiger partial charge in [-0.25, -0.2) is 0 Å². The van der Waals surface area contributed by atoms with Crippen molar-refractivity contribution in [1.29, 1.82) is 0 Å². The predicted octanol–water partition coefficient (Wildman–Crippen LogP) is 1.40. The zero-order valence-corrected chi connectivity index (χ0v) is 13.9. The first-order valence-electron chi connectivity index (χ1n) is 6.17. The van der Waals surface area contributed by atoms with Gasteiger partial charge in [-0.3, -0.25) is 0 Å². The first-order valence-corrected chi connectivity index (χ1v) is 6.17. The summed E-state index contributed by atoms with van der Waals surface area (Å²) in [5, 5.41) is 2.70. The average molecular weight is 316 g/mol. The summed E-state index contributed by atoms with van der Waals surface area (Å²) in [5.41, 5.74) is 1.46. The van der Waals surface area contributed by atoms with Crippen LogP contribution in [0.1, 0.15) is 31.2 Å². The normalized spacial score (nSPS) is 9.61. The van der Waals surface area contributed by atoms with Gasteiger partial charge in [0.05, 0.1) is 0 Å². The van der Waals surface area contributed by atoms with Gasteiger partial charge in [0.15, 0.2) is 0 Å². The van der Waals surface area contributed by atoms with E-state index in [-0.39, 0.29) is 40.0 Å². The Morgan fingerprint density at radius 1 is 0.833 bits per heavy atom. The van der Waals surface area contributed by atoms with Crippen LogP contribution >= 0.6 is 0 Å². The number of unbranched alkanes of at least 4 members (excludes halogenated alkanes) is 3. The van der Waals surface area contributed by atoms with E-state index in [1.165, 1.54) is 42.0 Å². The van der Waals surface area contributed by atoms with E-state index >= 15 is 0 Å². The number of hydrogen-bond donors (Lipinski definition) is 0. The number of hydrogen-bond acceptors (Lipinski definition) is 0. The summed E-state index contributed by atoms with van der Waals surface area (Å²) >= 11 is 0. The number of rotatable bonds is 5. The topological polar surface area (TPSA) is 0 Å². The van der Waals surface area contributed by atoms with Crippen molar-refractivity contribution in [3.8, 4) is 0 Å². The van der Waals surface area contributed by atoms with Gasteiger partial charge in [-0.05, 0) is 29.2 Å². The molecule has 0 saturated heterocycles. The largest absolute Gasteiger partial charge is 2.00 e. The van der Waals surface area contributed by atoms with Gasteiger partial charge in [-0.15, -0.1) is 0 Å². The third-order valence-electron chi connectivity index (χ3n) is 3.03. The summed E-state index contributed by atoms with van der Waals surface area (Å²) in [7, 11) is 0. The molecule has 2 rings (SSSR count). The Morgan fingerprint density at radius 2 is 1.56 bits per heavy atom. The van der Waals surface area contributed by atoms with Crippen molar-refractivity contribution in [3.63, 3.8) is 0 Å². The summed E-state index contributed by atoms with van der Waals surface area (Å²) in [4.78, 5) is 0. The Hall–Kier alpha value is -0.0538. The molecule has 92 valence electrons. The minimum Gasteiger partial charge on any atom is -1.00 e. The minimum atomic E-state index is 0. The van der Waals surface area contributed by atoms with Crippen LogP contribution < -0.4 is 17.0 Å². The van der Waals surface area contributed by atoms with Crippen molar-refractivity contribution >= 4 is 33.8 Å². The molecule has 0 aromatic heterocycles. The van der Waals surface area contributed by atoms with E-state index in [1.54, 1.807) is 0 Å².